The first kappa shape index (κ1) is 20.8. The SMILES string of the molecule is COc1ccc(OC)c(NC(=O)/C(C#N)=C\Nc2ccccc2C(C)(C)C)c1. The van der Waals surface area contributed by atoms with Crippen LogP contribution >= 0.6 is 0 Å². The molecular weight excluding hydrogens is 354 g/mol. The highest BCUT2D eigenvalue weighted by molar-refractivity contribution is 6.07. The summed E-state index contributed by atoms with van der Waals surface area (Å²) in [5, 5.41) is 15.2. The van der Waals surface area contributed by atoms with Gasteiger partial charge in [-0.3, -0.25) is 4.79 Å². The largest absolute Gasteiger partial charge is 0.497 e. The monoisotopic (exact) mass is 379 g/mol. The van der Waals surface area contributed by atoms with Gasteiger partial charge < -0.3 is 20.1 Å². The lowest BCUT2D eigenvalue weighted by atomic mass is 9.86. The number of rotatable bonds is 6. The number of ether oxygens (including phenoxy) is 2. The quantitative estimate of drug-likeness (QED) is 0.572. The molecule has 146 valence electrons. The first-order valence-electron chi connectivity index (χ1n) is 8.80. The van der Waals surface area contributed by atoms with Crippen LogP contribution in [0, 0.1) is 11.3 Å². The van der Waals surface area contributed by atoms with Crippen molar-refractivity contribution in [2.24, 2.45) is 0 Å². The van der Waals surface area contributed by atoms with Crippen molar-refractivity contribution in [2.45, 2.75) is 26.2 Å². The summed E-state index contributed by atoms with van der Waals surface area (Å²) in [6.45, 7) is 6.30. The molecule has 0 bridgehead atoms. The highest BCUT2D eigenvalue weighted by atomic mass is 16.5. The molecule has 0 saturated heterocycles. The van der Waals surface area contributed by atoms with Crippen molar-refractivity contribution in [1.29, 1.82) is 5.26 Å². The number of benzene rings is 2. The zero-order chi connectivity index (χ0) is 20.7. The van der Waals surface area contributed by atoms with E-state index >= 15 is 0 Å². The van der Waals surface area contributed by atoms with Crippen molar-refractivity contribution in [1.82, 2.24) is 0 Å². The van der Waals surface area contributed by atoms with E-state index in [1.807, 2.05) is 30.3 Å². The Hall–Kier alpha value is -3.46. The molecule has 0 aliphatic carbocycles. The predicted molar refractivity (Wildman–Crippen MR) is 111 cm³/mol. The van der Waals surface area contributed by atoms with Crippen molar-refractivity contribution in [2.75, 3.05) is 24.9 Å². The Labute approximate surface area is 165 Å². The molecule has 0 fully saturated rings. The molecule has 6 nitrogen and oxygen atoms in total. The predicted octanol–water partition coefficient (Wildman–Crippen LogP) is 4.46. The molecule has 28 heavy (non-hydrogen) atoms. The molecule has 0 spiro atoms. The highest BCUT2D eigenvalue weighted by Crippen LogP contribution is 2.30. The minimum atomic E-state index is -0.546. The van der Waals surface area contributed by atoms with Gasteiger partial charge in [-0.05, 0) is 29.2 Å². The lowest BCUT2D eigenvalue weighted by molar-refractivity contribution is -0.112. The maximum atomic E-state index is 12.6. The van der Waals surface area contributed by atoms with Crippen LogP contribution in [0.2, 0.25) is 0 Å². The molecular formula is C22H25N3O3. The minimum absolute atomic E-state index is 0.0615. The van der Waals surface area contributed by atoms with Crippen LogP contribution in [0.3, 0.4) is 0 Å². The van der Waals surface area contributed by atoms with Crippen LogP contribution in [-0.2, 0) is 10.2 Å². The maximum Gasteiger partial charge on any atom is 0.267 e. The van der Waals surface area contributed by atoms with E-state index in [2.05, 4.69) is 31.4 Å². The number of carbonyl (C=O) groups is 1. The molecule has 6 heteroatoms. The topological polar surface area (TPSA) is 83.4 Å². The van der Waals surface area contributed by atoms with Gasteiger partial charge >= 0.3 is 0 Å². The van der Waals surface area contributed by atoms with Crippen LogP contribution in [-0.4, -0.2) is 20.1 Å². The molecule has 2 aromatic rings. The van der Waals surface area contributed by atoms with Gasteiger partial charge in [0.15, 0.2) is 0 Å². The standard InChI is InChI=1S/C22H25N3O3/c1-22(2,3)17-8-6-7-9-18(17)24-14-15(13-23)21(26)25-19-12-16(27-4)10-11-20(19)28-5/h6-12,14,24H,1-5H3,(H,25,26)/b15-14-. The Morgan fingerprint density at radius 1 is 1.07 bits per heavy atom. The molecule has 0 saturated carbocycles. The van der Waals surface area contributed by atoms with E-state index in [1.54, 1.807) is 18.2 Å². The number of carbonyl (C=O) groups excluding carboxylic acids is 1. The normalized spacial score (nSPS) is 11.4. The first-order valence-corrected chi connectivity index (χ1v) is 8.80. The van der Waals surface area contributed by atoms with Crippen molar-refractivity contribution >= 4 is 17.3 Å². The van der Waals surface area contributed by atoms with Crippen LogP contribution < -0.4 is 20.1 Å². The minimum Gasteiger partial charge on any atom is -0.497 e. The van der Waals surface area contributed by atoms with Crippen LogP contribution in [0.4, 0.5) is 11.4 Å². The number of hydrogen-bond acceptors (Lipinski definition) is 5. The van der Waals surface area contributed by atoms with E-state index in [0.29, 0.717) is 17.2 Å². The fourth-order valence-corrected chi connectivity index (χ4v) is 2.66. The fraction of sp³-hybridized carbons (Fsp3) is 0.273. The Bertz CT molecular complexity index is 921. The molecule has 0 heterocycles. The molecule has 0 aliphatic rings. The van der Waals surface area contributed by atoms with Crippen LogP contribution in [0.5, 0.6) is 11.5 Å². The number of nitrogens with zero attached hydrogens (tertiary/aromatic N) is 1. The van der Waals surface area contributed by atoms with Gasteiger partial charge in [0.2, 0.25) is 0 Å². The molecule has 0 radical (unpaired) electrons. The molecule has 2 rings (SSSR count). The Morgan fingerprint density at radius 3 is 2.39 bits per heavy atom. The number of anilines is 2. The maximum absolute atomic E-state index is 12.6. The van der Waals surface area contributed by atoms with Crippen molar-refractivity contribution < 1.29 is 14.3 Å². The third kappa shape index (κ3) is 5.04. The lowest BCUT2D eigenvalue weighted by Crippen LogP contribution is -2.16. The average Bonchev–Trinajstić information content (AvgIpc) is 2.68. The van der Waals surface area contributed by atoms with E-state index < -0.39 is 5.91 Å². The lowest BCUT2D eigenvalue weighted by Gasteiger charge is -2.22. The summed E-state index contributed by atoms with van der Waals surface area (Å²) < 4.78 is 10.4. The second kappa shape index (κ2) is 8.96. The Morgan fingerprint density at radius 2 is 1.79 bits per heavy atom. The van der Waals surface area contributed by atoms with E-state index in [9.17, 15) is 10.1 Å². The summed E-state index contributed by atoms with van der Waals surface area (Å²) in [6, 6.07) is 14.8. The number of hydrogen-bond donors (Lipinski definition) is 2. The summed E-state index contributed by atoms with van der Waals surface area (Å²) in [5.41, 5.74) is 2.20. The van der Waals surface area contributed by atoms with Gasteiger partial charge in [-0.25, -0.2) is 0 Å². The fourth-order valence-electron chi connectivity index (χ4n) is 2.66. The van der Waals surface area contributed by atoms with Gasteiger partial charge in [0.1, 0.15) is 23.1 Å². The Balaban J connectivity index is 2.25. The van der Waals surface area contributed by atoms with Gasteiger partial charge in [0.05, 0.1) is 19.9 Å². The summed E-state index contributed by atoms with van der Waals surface area (Å²) in [6.07, 6.45) is 1.41. The number of para-hydroxylation sites is 1. The number of methoxy groups -OCH3 is 2. The number of amides is 1. The van der Waals surface area contributed by atoms with Gasteiger partial charge in [-0.1, -0.05) is 39.0 Å². The zero-order valence-corrected chi connectivity index (χ0v) is 16.8. The molecule has 2 aromatic carbocycles. The van der Waals surface area contributed by atoms with Crippen LogP contribution in [0.15, 0.2) is 54.2 Å². The Kier molecular flexibility index (Phi) is 6.67. The smallest absolute Gasteiger partial charge is 0.267 e. The molecule has 0 unspecified atom stereocenters. The van der Waals surface area contributed by atoms with E-state index in [1.165, 1.54) is 20.4 Å². The third-order valence-corrected chi connectivity index (χ3v) is 4.13. The molecule has 0 aromatic heterocycles. The second-order valence-corrected chi connectivity index (χ2v) is 7.13. The van der Waals surface area contributed by atoms with E-state index in [0.717, 1.165) is 11.3 Å². The van der Waals surface area contributed by atoms with E-state index in [-0.39, 0.29) is 11.0 Å². The molecule has 2 N–H and O–H groups in total. The van der Waals surface area contributed by atoms with Gasteiger partial charge in [0.25, 0.3) is 5.91 Å². The zero-order valence-electron chi connectivity index (χ0n) is 16.8. The summed E-state index contributed by atoms with van der Waals surface area (Å²) in [7, 11) is 3.04. The number of nitriles is 1. The number of nitrogens with one attached hydrogen (secondary N) is 2. The summed E-state index contributed by atoms with van der Waals surface area (Å²) in [5.74, 6) is 0.489. The molecule has 1 amide bonds. The second-order valence-electron chi connectivity index (χ2n) is 7.13. The first-order chi connectivity index (χ1) is 13.3. The van der Waals surface area contributed by atoms with Crippen LogP contribution in [0.25, 0.3) is 0 Å². The van der Waals surface area contributed by atoms with E-state index in [4.69, 9.17) is 9.47 Å². The summed E-state index contributed by atoms with van der Waals surface area (Å²) in [4.78, 5) is 12.6. The van der Waals surface area contributed by atoms with Gasteiger partial charge in [0, 0.05) is 18.0 Å². The summed E-state index contributed by atoms with van der Waals surface area (Å²) >= 11 is 0. The third-order valence-electron chi connectivity index (χ3n) is 4.13. The molecule has 0 atom stereocenters. The highest BCUT2D eigenvalue weighted by Gasteiger charge is 2.18. The van der Waals surface area contributed by atoms with Gasteiger partial charge in [-0.15, -0.1) is 0 Å². The van der Waals surface area contributed by atoms with Crippen LogP contribution in [0.1, 0.15) is 26.3 Å². The van der Waals surface area contributed by atoms with Crippen molar-refractivity contribution in [3.05, 3.63) is 59.8 Å². The average molecular weight is 379 g/mol. The van der Waals surface area contributed by atoms with Crippen molar-refractivity contribution in [3.8, 4) is 17.6 Å². The van der Waals surface area contributed by atoms with Crippen molar-refractivity contribution in [3.63, 3.8) is 0 Å². The van der Waals surface area contributed by atoms with Gasteiger partial charge in [-0.2, -0.15) is 5.26 Å². The molecule has 0 aliphatic heterocycles.